The molecule has 0 aliphatic rings. The lowest BCUT2D eigenvalue weighted by Crippen LogP contribution is -2.20. The zero-order valence-electron chi connectivity index (χ0n) is 13.9. The van der Waals surface area contributed by atoms with E-state index in [0.717, 1.165) is 10.7 Å². The van der Waals surface area contributed by atoms with Crippen molar-refractivity contribution in [3.05, 3.63) is 68.3 Å². The monoisotopic (exact) mass is 353 g/mol. The first kappa shape index (κ1) is 17.1. The van der Waals surface area contributed by atoms with Crippen molar-refractivity contribution >= 4 is 22.8 Å². The van der Waals surface area contributed by atoms with E-state index in [-0.39, 0.29) is 16.9 Å². The normalized spacial score (nSPS) is 11.2. The second-order valence-corrected chi connectivity index (χ2v) is 5.37. The van der Waals surface area contributed by atoms with Crippen LogP contribution >= 0.6 is 0 Å². The van der Waals surface area contributed by atoms with Crippen molar-refractivity contribution in [2.75, 3.05) is 7.11 Å². The predicted octanol–water partition coefficient (Wildman–Crippen LogP) is 1.58. The first-order valence-corrected chi connectivity index (χ1v) is 7.48. The average molecular weight is 353 g/mol. The summed E-state index contributed by atoms with van der Waals surface area (Å²) in [6, 6.07) is 9.24. The van der Waals surface area contributed by atoms with Gasteiger partial charge in [0.15, 0.2) is 0 Å². The maximum Gasteiger partial charge on any atom is 0.282 e. The Balaban J connectivity index is 2.11. The molecule has 0 saturated heterocycles. The number of methoxy groups -OCH3 is 1. The van der Waals surface area contributed by atoms with Gasteiger partial charge in [0.2, 0.25) is 0 Å². The summed E-state index contributed by atoms with van der Waals surface area (Å²) in [5, 5.41) is 27.3. The quantitative estimate of drug-likeness (QED) is 0.398. The molecule has 0 aliphatic heterocycles. The smallest absolute Gasteiger partial charge is 0.282 e. The summed E-state index contributed by atoms with van der Waals surface area (Å²) in [5.41, 5.74) is -0.208. The van der Waals surface area contributed by atoms with Crippen molar-refractivity contribution < 1.29 is 14.8 Å². The van der Waals surface area contributed by atoms with Crippen LogP contribution in [-0.2, 0) is 0 Å². The molecular formula is C17H13N4O5-. The van der Waals surface area contributed by atoms with E-state index >= 15 is 0 Å². The Bertz CT molecular complexity index is 1100. The van der Waals surface area contributed by atoms with Gasteiger partial charge in [-0.3, -0.25) is 14.9 Å². The third-order valence-corrected chi connectivity index (χ3v) is 3.71. The molecule has 26 heavy (non-hydrogen) atoms. The largest absolute Gasteiger partial charge is 0.865 e. The lowest BCUT2D eigenvalue weighted by molar-refractivity contribution is -0.398. The molecule has 0 bridgehead atoms. The number of aromatic nitrogens is 2. The Morgan fingerprint density at radius 1 is 1.31 bits per heavy atom. The molecule has 9 heteroatoms. The zero-order chi connectivity index (χ0) is 18.8. The fraction of sp³-hybridized carbons (Fsp3) is 0.118. The van der Waals surface area contributed by atoms with Gasteiger partial charge in [0.25, 0.3) is 11.2 Å². The summed E-state index contributed by atoms with van der Waals surface area (Å²) in [7, 11) is 1.24. The molecule has 132 valence electrons. The van der Waals surface area contributed by atoms with Crippen molar-refractivity contribution in [3.8, 4) is 11.5 Å². The lowest BCUT2D eigenvalue weighted by atomic mass is 10.2. The average Bonchev–Trinajstić information content (AvgIpc) is 2.62. The highest BCUT2D eigenvalue weighted by Crippen LogP contribution is 2.33. The van der Waals surface area contributed by atoms with Gasteiger partial charge in [-0.1, -0.05) is 12.1 Å². The zero-order valence-corrected chi connectivity index (χ0v) is 13.9. The number of para-hydroxylation sites is 1. The number of aryl methyl sites for hydroxylation is 1. The lowest BCUT2D eigenvalue weighted by Gasteiger charge is -2.13. The molecule has 1 heterocycles. The van der Waals surface area contributed by atoms with Crippen LogP contribution in [0.1, 0.15) is 11.4 Å². The van der Waals surface area contributed by atoms with Gasteiger partial charge in [0.1, 0.15) is 11.6 Å². The van der Waals surface area contributed by atoms with E-state index in [1.54, 1.807) is 31.2 Å². The summed E-state index contributed by atoms with van der Waals surface area (Å²) in [5.74, 6) is -0.649. The number of nitrogens with zero attached hydrogens (tertiary/aromatic N) is 4. The van der Waals surface area contributed by atoms with Gasteiger partial charge in [-0.25, -0.2) is 4.98 Å². The molecule has 0 atom stereocenters. The maximum atomic E-state index is 12.5. The van der Waals surface area contributed by atoms with Crippen LogP contribution in [0.3, 0.4) is 0 Å². The molecule has 0 spiro atoms. The SMILES string of the molecule is COc1cc(C=Nn2c(C)nc3ccccc3c2=O)cc([N+](=O)[O-])c1[O-]. The minimum absolute atomic E-state index is 0.179. The molecule has 0 N–H and O–H groups in total. The molecule has 0 saturated carbocycles. The number of fused-ring (bicyclic) bond motifs is 1. The van der Waals surface area contributed by atoms with Crippen LogP contribution in [0, 0.1) is 17.0 Å². The first-order chi connectivity index (χ1) is 12.4. The molecule has 2 aromatic carbocycles. The van der Waals surface area contributed by atoms with Crippen molar-refractivity contribution in [3.63, 3.8) is 0 Å². The second kappa shape index (κ2) is 6.63. The highest BCUT2D eigenvalue weighted by atomic mass is 16.6. The Morgan fingerprint density at radius 2 is 2.04 bits per heavy atom. The molecule has 3 aromatic rings. The van der Waals surface area contributed by atoms with Gasteiger partial charge in [0, 0.05) is 17.4 Å². The molecule has 0 radical (unpaired) electrons. The van der Waals surface area contributed by atoms with E-state index in [2.05, 4.69) is 10.1 Å². The van der Waals surface area contributed by atoms with Gasteiger partial charge in [-0.05, 0) is 25.1 Å². The van der Waals surface area contributed by atoms with Crippen molar-refractivity contribution in [1.82, 2.24) is 9.66 Å². The van der Waals surface area contributed by atoms with E-state index < -0.39 is 16.4 Å². The van der Waals surface area contributed by atoms with Gasteiger partial charge < -0.3 is 9.84 Å². The third kappa shape index (κ3) is 2.97. The van der Waals surface area contributed by atoms with Crippen LogP contribution in [-0.4, -0.2) is 27.9 Å². The number of nitro groups is 1. The van der Waals surface area contributed by atoms with Crippen molar-refractivity contribution in [1.29, 1.82) is 0 Å². The van der Waals surface area contributed by atoms with Crippen LogP contribution in [0.25, 0.3) is 10.9 Å². The molecular weight excluding hydrogens is 340 g/mol. The molecule has 9 nitrogen and oxygen atoms in total. The van der Waals surface area contributed by atoms with Gasteiger partial charge in [-0.15, -0.1) is 0 Å². The van der Waals surface area contributed by atoms with Crippen LogP contribution < -0.4 is 15.4 Å². The van der Waals surface area contributed by atoms with E-state index in [9.17, 15) is 20.0 Å². The summed E-state index contributed by atoms with van der Waals surface area (Å²) in [4.78, 5) is 27.1. The number of benzene rings is 2. The van der Waals surface area contributed by atoms with Crippen LogP contribution in [0.4, 0.5) is 5.69 Å². The molecule has 0 unspecified atom stereocenters. The molecule has 1 aromatic heterocycles. The van der Waals surface area contributed by atoms with E-state index in [4.69, 9.17) is 4.74 Å². The maximum absolute atomic E-state index is 12.5. The first-order valence-electron chi connectivity index (χ1n) is 7.48. The Kier molecular flexibility index (Phi) is 4.36. The van der Waals surface area contributed by atoms with E-state index in [0.29, 0.717) is 16.7 Å². The fourth-order valence-corrected chi connectivity index (χ4v) is 2.47. The summed E-state index contributed by atoms with van der Waals surface area (Å²) in [6.45, 7) is 1.62. The standard InChI is InChI=1S/C17H14N4O5/c1-10-19-13-6-4-3-5-12(13)17(23)20(10)18-9-11-7-14(21(24)25)16(22)15(8-11)26-2/h3-9,22H,1-2H3/p-1. The number of ether oxygens (including phenoxy) is 1. The van der Waals surface area contributed by atoms with Gasteiger partial charge >= 0.3 is 0 Å². The predicted molar refractivity (Wildman–Crippen MR) is 92.8 cm³/mol. The number of hydrogen-bond acceptors (Lipinski definition) is 7. The molecule has 3 rings (SSSR count). The number of nitro benzene ring substituents is 1. The third-order valence-electron chi connectivity index (χ3n) is 3.71. The number of rotatable bonds is 4. The fourth-order valence-electron chi connectivity index (χ4n) is 2.47. The Labute approximate surface area is 147 Å². The van der Waals surface area contributed by atoms with Crippen LogP contribution in [0.15, 0.2) is 46.3 Å². The van der Waals surface area contributed by atoms with Gasteiger partial charge in [0.05, 0.1) is 29.2 Å². The molecule has 0 fully saturated rings. The molecule has 0 aliphatic carbocycles. The highest BCUT2D eigenvalue weighted by molar-refractivity contribution is 5.83. The number of hydrogen-bond donors (Lipinski definition) is 0. The summed E-state index contributed by atoms with van der Waals surface area (Å²) >= 11 is 0. The van der Waals surface area contributed by atoms with E-state index in [1.807, 2.05) is 0 Å². The van der Waals surface area contributed by atoms with Crippen molar-refractivity contribution in [2.45, 2.75) is 6.92 Å². The molecule has 0 amide bonds. The topological polar surface area (TPSA) is 123 Å². The second-order valence-electron chi connectivity index (χ2n) is 5.37. The van der Waals surface area contributed by atoms with Crippen LogP contribution in [0.2, 0.25) is 0 Å². The van der Waals surface area contributed by atoms with Crippen molar-refractivity contribution in [2.24, 2.45) is 5.10 Å². The highest BCUT2D eigenvalue weighted by Gasteiger charge is 2.13. The Morgan fingerprint density at radius 3 is 2.73 bits per heavy atom. The van der Waals surface area contributed by atoms with E-state index in [1.165, 1.54) is 19.4 Å². The summed E-state index contributed by atoms with van der Waals surface area (Å²) in [6.07, 6.45) is 1.24. The van der Waals surface area contributed by atoms with Crippen LogP contribution in [0.5, 0.6) is 11.5 Å². The van der Waals surface area contributed by atoms with Gasteiger partial charge in [-0.2, -0.15) is 9.78 Å². The summed E-state index contributed by atoms with van der Waals surface area (Å²) < 4.78 is 5.96. The Hall–Kier alpha value is -3.75. The minimum Gasteiger partial charge on any atom is -0.865 e. The minimum atomic E-state index is -0.824.